The normalized spacial score (nSPS) is 44.9. The summed E-state index contributed by atoms with van der Waals surface area (Å²) in [5, 5.41) is 0. The smallest absolute Gasteiger partial charge is 0.178 e. The number of Topliss-reactive ketones (excluding diaryl/α,β-unsaturated/α-hetero) is 1. The maximum atomic E-state index is 12.4. The van der Waals surface area contributed by atoms with E-state index in [-0.39, 0.29) is 23.9 Å². The highest BCUT2D eigenvalue weighted by molar-refractivity contribution is 5.91. The Balaban J connectivity index is 1.85. The van der Waals surface area contributed by atoms with Crippen molar-refractivity contribution in [3.8, 4) is 0 Å². The number of fused-ring (bicyclic) bond motifs is 2. The lowest BCUT2D eigenvalue weighted by molar-refractivity contribution is -0.125. The molecule has 2 aliphatic heterocycles. The van der Waals surface area contributed by atoms with Gasteiger partial charge in [0.2, 0.25) is 0 Å². The van der Waals surface area contributed by atoms with E-state index >= 15 is 0 Å². The van der Waals surface area contributed by atoms with Crippen LogP contribution < -0.4 is 0 Å². The quantitative estimate of drug-likeness (QED) is 0.668. The number of hydrogen-bond donors (Lipinski definition) is 0. The van der Waals surface area contributed by atoms with Gasteiger partial charge in [0, 0.05) is 12.8 Å². The van der Waals surface area contributed by atoms with Crippen LogP contribution in [0.3, 0.4) is 0 Å². The van der Waals surface area contributed by atoms with Gasteiger partial charge in [-0.05, 0) is 11.8 Å². The summed E-state index contributed by atoms with van der Waals surface area (Å²) < 4.78 is 11.1. The zero-order valence-corrected chi connectivity index (χ0v) is 11.0. The first-order valence-electron chi connectivity index (χ1n) is 6.71. The van der Waals surface area contributed by atoms with Crippen molar-refractivity contribution >= 4 is 5.78 Å². The van der Waals surface area contributed by atoms with E-state index in [1.807, 2.05) is 0 Å². The maximum absolute atomic E-state index is 12.4. The summed E-state index contributed by atoms with van der Waals surface area (Å²) >= 11 is 0. The van der Waals surface area contributed by atoms with Gasteiger partial charge < -0.3 is 9.47 Å². The Kier molecular flexibility index (Phi) is 2.72. The molecule has 2 fully saturated rings. The van der Waals surface area contributed by atoms with Crippen molar-refractivity contribution in [2.75, 3.05) is 6.61 Å². The Labute approximate surface area is 108 Å². The Morgan fingerprint density at radius 1 is 1.44 bits per heavy atom. The minimum atomic E-state index is -0.608. The van der Waals surface area contributed by atoms with E-state index in [0.29, 0.717) is 18.9 Å². The predicted octanol–water partition coefficient (Wildman–Crippen LogP) is 2.27. The fraction of sp³-hybridized carbons (Fsp3) is 0.667. The fourth-order valence-corrected chi connectivity index (χ4v) is 2.77. The molecule has 2 heterocycles. The van der Waals surface area contributed by atoms with Gasteiger partial charge in [-0.15, -0.1) is 0 Å². The topological polar surface area (TPSA) is 42.1 Å². The molecule has 0 unspecified atom stereocenters. The van der Waals surface area contributed by atoms with E-state index in [1.54, 1.807) is 0 Å². The van der Waals surface area contributed by atoms with Gasteiger partial charge in [0.05, 0.1) is 12.7 Å². The van der Waals surface area contributed by atoms with Gasteiger partial charge in [-0.1, -0.05) is 38.2 Å². The first kappa shape index (κ1) is 12.1. The van der Waals surface area contributed by atoms with Crippen LogP contribution in [0.2, 0.25) is 0 Å². The lowest BCUT2D eigenvalue weighted by Crippen LogP contribution is -2.34. The highest BCUT2D eigenvalue weighted by atomic mass is 16.7. The van der Waals surface area contributed by atoms with Gasteiger partial charge in [-0.25, -0.2) is 0 Å². The van der Waals surface area contributed by atoms with E-state index in [4.69, 9.17) is 9.47 Å². The largest absolute Gasteiger partial charge is 0.365 e. The van der Waals surface area contributed by atoms with Crippen molar-refractivity contribution in [1.29, 1.82) is 0 Å². The Bertz CT molecular complexity index is 417. The van der Waals surface area contributed by atoms with E-state index in [0.717, 1.165) is 12.0 Å². The molecule has 1 aliphatic carbocycles. The third-order valence-corrected chi connectivity index (χ3v) is 4.29. The van der Waals surface area contributed by atoms with E-state index in [1.165, 1.54) is 0 Å². The molecule has 0 N–H and O–H groups in total. The Hall–Kier alpha value is -0.930. The molecule has 0 amide bonds. The summed E-state index contributed by atoms with van der Waals surface area (Å²) in [4.78, 5) is 12.4. The molecule has 98 valence electrons. The second-order valence-electron chi connectivity index (χ2n) is 6.03. The van der Waals surface area contributed by atoms with E-state index < -0.39 is 5.60 Å². The average Bonchev–Trinajstić information content (AvgIpc) is 3.15. The van der Waals surface area contributed by atoms with E-state index in [9.17, 15) is 4.79 Å². The summed E-state index contributed by atoms with van der Waals surface area (Å²) in [6.07, 6.45) is 5.65. The molecular formula is C15H20O3. The number of allylic oxidation sites excluding steroid dienone is 2. The molecule has 0 radical (unpaired) electrons. The van der Waals surface area contributed by atoms with Crippen LogP contribution in [0, 0.1) is 11.8 Å². The predicted molar refractivity (Wildman–Crippen MR) is 68.2 cm³/mol. The molecule has 0 aromatic carbocycles. The molecule has 0 aromatic rings. The number of hydrogen-bond acceptors (Lipinski definition) is 3. The number of carbonyl (C=O) groups is 1. The molecule has 1 spiro atoms. The van der Waals surface area contributed by atoms with Crippen molar-refractivity contribution < 1.29 is 14.3 Å². The molecule has 18 heavy (non-hydrogen) atoms. The molecule has 0 aromatic heterocycles. The fourth-order valence-electron chi connectivity index (χ4n) is 2.77. The average molecular weight is 248 g/mol. The van der Waals surface area contributed by atoms with Crippen LogP contribution in [0.4, 0.5) is 0 Å². The first-order chi connectivity index (χ1) is 8.53. The molecule has 3 nitrogen and oxygen atoms in total. The van der Waals surface area contributed by atoms with Crippen molar-refractivity contribution in [2.24, 2.45) is 11.8 Å². The maximum Gasteiger partial charge on any atom is 0.178 e. The lowest BCUT2D eigenvalue weighted by atomic mass is 9.83. The molecular weight excluding hydrogens is 228 g/mol. The van der Waals surface area contributed by atoms with Gasteiger partial charge in [0.15, 0.2) is 11.4 Å². The monoisotopic (exact) mass is 248 g/mol. The van der Waals surface area contributed by atoms with Crippen LogP contribution in [-0.4, -0.2) is 30.2 Å². The van der Waals surface area contributed by atoms with Crippen LogP contribution in [-0.2, 0) is 14.3 Å². The van der Waals surface area contributed by atoms with Gasteiger partial charge in [-0.2, -0.15) is 0 Å². The third kappa shape index (κ3) is 1.95. The zero-order valence-electron chi connectivity index (χ0n) is 11.0. The highest BCUT2D eigenvalue weighted by Crippen LogP contribution is 2.48. The number of ether oxygens (including phenoxy) is 2. The van der Waals surface area contributed by atoms with Gasteiger partial charge >= 0.3 is 0 Å². The molecule has 3 aliphatic rings. The molecule has 0 bridgehead atoms. The zero-order chi connectivity index (χ0) is 12.9. The summed E-state index contributed by atoms with van der Waals surface area (Å²) in [6, 6.07) is 0. The first-order valence-corrected chi connectivity index (χ1v) is 6.71. The van der Waals surface area contributed by atoms with E-state index in [2.05, 4.69) is 32.6 Å². The van der Waals surface area contributed by atoms with Crippen LogP contribution in [0.5, 0.6) is 0 Å². The second kappa shape index (κ2) is 4.04. The molecule has 3 heteroatoms. The van der Waals surface area contributed by atoms with Gasteiger partial charge in [0.25, 0.3) is 0 Å². The Morgan fingerprint density at radius 2 is 2.17 bits per heavy atom. The molecule has 2 saturated heterocycles. The minimum absolute atomic E-state index is 0.0268. The lowest BCUT2D eigenvalue weighted by Gasteiger charge is -2.19. The van der Waals surface area contributed by atoms with Crippen molar-refractivity contribution in [3.05, 3.63) is 24.3 Å². The minimum Gasteiger partial charge on any atom is -0.365 e. The van der Waals surface area contributed by atoms with Gasteiger partial charge in [-0.3, -0.25) is 4.79 Å². The summed E-state index contributed by atoms with van der Waals surface area (Å²) in [5.74, 6) is 0.931. The molecule has 0 saturated carbocycles. The van der Waals surface area contributed by atoms with Crippen LogP contribution in [0.15, 0.2) is 24.3 Å². The number of carbonyl (C=O) groups excluding carboxylic acids is 1. The highest BCUT2D eigenvalue weighted by Gasteiger charge is 2.67. The SMILES string of the molecule is C=C1/C=C\[C@H](C(C)C)CC(=O)[C@]2(CO2)[C@@H]2O[C@@H]2C1. The summed E-state index contributed by atoms with van der Waals surface area (Å²) in [5.41, 5.74) is 0.474. The van der Waals surface area contributed by atoms with Crippen molar-refractivity contribution in [2.45, 2.75) is 44.5 Å². The second-order valence-corrected chi connectivity index (χ2v) is 6.03. The van der Waals surface area contributed by atoms with Crippen molar-refractivity contribution in [3.63, 3.8) is 0 Å². The number of rotatable bonds is 1. The summed E-state index contributed by atoms with van der Waals surface area (Å²) in [6.45, 7) is 8.88. The number of epoxide rings is 2. The van der Waals surface area contributed by atoms with Crippen molar-refractivity contribution in [1.82, 2.24) is 0 Å². The standard InChI is InChI=1S/C15H20O3/c1-9(2)11-5-4-10(3)6-12-14(18-12)15(8-17-15)13(16)7-11/h4-5,9,11-12,14H,3,6-8H2,1-2H3/b5-4-/t11-,12+,14+,15+/m0/s1. The van der Waals surface area contributed by atoms with Gasteiger partial charge in [0.1, 0.15) is 6.10 Å². The van der Waals surface area contributed by atoms with Crippen LogP contribution in [0.1, 0.15) is 26.7 Å². The third-order valence-electron chi connectivity index (χ3n) is 4.29. The van der Waals surface area contributed by atoms with Crippen LogP contribution >= 0.6 is 0 Å². The number of ketones is 1. The Morgan fingerprint density at radius 3 is 2.78 bits per heavy atom. The molecule has 4 atom stereocenters. The summed E-state index contributed by atoms with van der Waals surface area (Å²) in [7, 11) is 0. The van der Waals surface area contributed by atoms with Crippen LogP contribution in [0.25, 0.3) is 0 Å². The molecule has 3 rings (SSSR count).